The van der Waals surface area contributed by atoms with E-state index in [0.717, 1.165) is 36.2 Å². The van der Waals surface area contributed by atoms with Crippen LogP contribution >= 0.6 is 0 Å². The topological polar surface area (TPSA) is 74.5 Å². The third-order valence-electron chi connectivity index (χ3n) is 4.95. The van der Waals surface area contributed by atoms with Crippen molar-refractivity contribution < 1.29 is 18.1 Å². The van der Waals surface area contributed by atoms with Gasteiger partial charge in [0.2, 0.25) is 11.7 Å². The number of halogens is 2. The lowest BCUT2D eigenvalue weighted by molar-refractivity contribution is 0.209. The van der Waals surface area contributed by atoms with Crippen LogP contribution in [0.4, 0.5) is 25.0 Å². The predicted octanol–water partition coefficient (Wildman–Crippen LogP) is 4.96. The Bertz CT molecular complexity index is 1040. The minimum atomic E-state index is -0.824. The fourth-order valence-electron chi connectivity index (χ4n) is 3.06. The number of nitrogens with one attached hydrogen (secondary N) is 1. The Kier molecular flexibility index (Phi) is 7.75. The summed E-state index contributed by atoms with van der Waals surface area (Å²) in [7, 11) is 3.93. The number of urea groups is 1. The first kappa shape index (κ1) is 23.2. The summed E-state index contributed by atoms with van der Waals surface area (Å²) in [5.74, 6) is -0.648. The zero-order valence-corrected chi connectivity index (χ0v) is 18.4. The average molecular weight is 443 g/mol. The number of nitrogens with zero attached hydrogens (tertiary/aromatic N) is 4. The van der Waals surface area contributed by atoms with Gasteiger partial charge >= 0.3 is 6.03 Å². The van der Waals surface area contributed by atoms with Crippen molar-refractivity contribution in [3.8, 4) is 11.4 Å². The van der Waals surface area contributed by atoms with E-state index in [0.29, 0.717) is 31.2 Å². The van der Waals surface area contributed by atoms with E-state index in [9.17, 15) is 13.6 Å². The summed E-state index contributed by atoms with van der Waals surface area (Å²) in [6.07, 6.45) is 2.03. The molecule has 7 nitrogen and oxygen atoms in total. The number of carbonyl (C=O) groups is 1. The van der Waals surface area contributed by atoms with Gasteiger partial charge in [-0.2, -0.15) is 4.98 Å². The number of amides is 2. The summed E-state index contributed by atoms with van der Waals surface area (Å²) >= 11 is 0. The van der Waals surface area contributed by atoms with Crippen molar-refractivity contribution in [2.45, 2.75) is 26.2 Å². The zero-order valence-electron chi connectivity index (χ0n) is 18.4. The van der Waals surface area contributed by atoms with Crippen LogP contribution in [0, 0.1) is 11.6 Å². The van der Waals surface area contributed by atoms with Gasteiger partial charge in [-0.25, -0.2) is 13.6 Å². The fraction of sp³-hybridized carbons (Fsp3) is 0.348. The minimum absolute atomic E-state index is 0.0702. The van der Waals surface area contributed by atoms with E-state index in [4.69, 9.17) is 4.52 Å². The first-order valence-electron chi connectivity index (χ1n) is 10.5. The highest BCUT2D eigenvalue weighted by atomic mass is 19.1. The molecule has 1 aromatic heterocycles. The number of aromatic nitrogens is 2. The molecule has 1 N–H and O–H groups in total. The maximum atomic E-state index is 13.9. The number of benzene rings is 2. The molecule has 1 heterocycles. The number of anilines is 2. The third-order valence-corrected chi connectivity index (χ3v) is 4.95. The summed E-state index contributed by atoms with van der Waals surface area (Å²) in [6, 6.07) is 10.3. The van der Waals surface area contributed by atoms with Crippen molar-refractivity contribution in [3.63, 3.8) is 0 Å². The Morgan fingerprint density at radius 1 is 1.09 bits per heavy atom. The Labute approximate surface area is 186 Å². The molecule has 0 saturated heterocycles. The Hall–Kier alpha value is -3.49. The summed E-state index contributed by atoms with van der Waals surface area (Å²) in [4.78, 5) is 20.7. The lowest BCUT2D eigenvalue weighted by atomic mass is 10.2. The van der Waals surface area contributed by atoms with Gasteiger partial charge in [0, 0.05) is 50.9 Å². The smallest absolute Gasteiger partial charge is 0.321 e. The van der Waals surface area contributed by atoms with Crippen LogP contribution in [0.25, 0.3) is 11.4 Å². The van der Waals surface area contributed by atoms with Crippen LogP contribution in [0.1, 0.15) is 25.7 Å². The Morgan fingerprint density at radius 3 is 2.50 bits per heavy atom. The molecule has 3 rings (SSSR count). The first-order valence-corrected chi connectivity index (χ1v) is 10.5. The molecule has 9 heteroatoms. The second-order valence-corrected chi connectivity index (χ2v) is 7.60. The first-order chi connectivity index (χ1) is 15.4. The molecule has 170 valence electrons. The lowest BCUT2D eigenvalue weighted by Crippen LogP contribution is -2.37. The number of carbonyl (C=O) groups excluding carboxylic acids is 1. The molecular weight excluding hydrogens is 416 g/mol. The summed E-state index contributed by atoms with van der Waals surface area (Å²) < 4.78 is 32.4. The zero-order chi connectivity index (χ0) is 23.1. The normalized spacial score (nSPS) is 10.8. The number of rotatable bonds is 9. The van der Waals surface area contributed by atoms with Crippen LogP contribution in [0.2, 0.25) is 0 Å². The quantitative estimate of drug-likeness (QED) is 0.506. The van der Waals surface area contributed by atoms with Crippen molar-refractivity contribution in [1.29, 1.82) is 0 Å². The minimum Gasteiger partial charge on any atom is -0.378 e. The molecule has 0 aliphatic carbocycles. The SMILES string of the molecule is CCCCN(CCc1nc(-c2ccc(N(C)C)cc2)no1)C(=O)Nc1ccc(F)cc1F. The van der Waals surface area contributed by atoms with Crippen LogP contribution in [0.15, 0.2) is 47.0 Å². The predicted molar refractivity (Wildman–Crippen MR) is 120 cm³/mol. The molecule has 0 atom stereocenters. The van der Waals surface area contributed by atoms with E-state index >= 15 is 0 Å². The van der Waals surface area contributed by atoms with Gasteiger partial charge in [-0.15, -0.1) is 0 Å². The van der Waals surface area contributed by atoms with Gasteiger partial charge in [-0.1, -0.05) is 18.5 Å². The van der Waals surface area contributed by atoms with Crippen molar-refractivity contribution in [2.75, 3.05) is 37.4 Å². The van der Waals surface area contributed by atoms with Gasteiger partial charge in [-0.05, 0) is 42.8 Å². The van der Waals surface area contributed by atoms with Crippen LogP contribution in [0.5, 0.6) is 0 Å². The highest BCUT2D eigenvalue weighted by Gasteiger charge is 2.17. The number of hydrogen-bond donors (Lipinski definition) is 1. The average Bonchev–Trinajstić information content (AvgIpc) is 3.25. The second kappa shape index (κ2) is 10.7. The summed E-state index contributed by atoms with van der Waals surface area (Å²) in [6.45, 7) is 2.82. The van der Waals surface area contributed by atoms with E-state index in [1.807, 2.05) is 50.2 Å². The van der Waals surface area contributed by atoms with Crippen molar-refractivity contribution in [1.82, 2.24) is 15.0 Å². The molecule has 0 fully saturated rings. The molecule has 0 radical (unpaired) electrons. The number of unbranched alkanes of at least 4 members (excludes halogenated alkanes) is 1. The monoisotopic (exact) mass is 443 g/mol. The second-order valence-electron chi connectivity index (χ2n) is 7.60. The molecule has 2 aromatic carbocycles. The maximum absolute atomic E-state index is 13.9. The van der Waals surface area contributed by atoms with E-state index < -0.39 is 17.7 Å². The third kappa shape index (κ3) is 6.03. The van der Waals surface area contributed by atoms with E-state index in [-0.39, 0.29) is 5.69 Å². The fourth-order valence-corrected chi connectivity index (χ4v) is 3.06. The molecule has 0 aliphatic heterocycles. The van der Waals surface area contributed by atoms with Gasteiger partial charge in [0.1, 0.15) is 11.6 Å². The molecule has 2 amide bonds. The van der Waals surface area contributed by atoms with Gasteiger partial charge in [0.15, 0.2) is 0 Å². The van der Waals surface area contributed by atoms with E-state index in [2.05, 4.69) is 15.5 Å². The largest absolute Gasteiger partial charge is 0.378 e. The lowest BCUT2D eigenvalue weighted by Gasteiger charge is -2.22. The van der Waals surface area contributed by atoms with Gasteiger partial charge in [-0.3, -0.25) is 0 Å². The van der Waals surface area contributed by atoms with Crippen LogP contribution < -0.4 is 10.2 Å². The molecule has 0 saturated carbocycles. The standard InChI is InChI=1S/C23H27F2N5O2/c1-4-5-13-30(23(31)26-20-11-8-17(24)15-19(20)25)14-12-21-27-22(28-32-21)16-6-9-18(10-7-16)29(2)3/h6-11,15H,4-5,12-14H2,1-3H3,(H,26,31). The van der Waals surface area contributed by atoms with Crippen LogP contribution in [0.3, 0.4) is 0 Å². The molecular formula is C23H27F2N5O2. The Balaban J connectivity index is 1.64. The van der Waals surface area contributed by atoms with Gasteiger partial charge in [0.05, 0.1) is 5.69 Å². The molecule has 32 heavy (non-hydrogen) atoms. The molecule has 0 aliphatic rings. The molecule has 0 bridgehead atoms. The van der Waals surface area contributed by atoms with Crippen molar-refractivity contribution >= 4 is 17.4 Å². The highest BCUT2D eigenvalue weighted by Crippen LogP contribution is 2.20. The number of hydrogen-bond acceptors (Lipinski definition) is 5. The summed E-state index contributed by atoms with van der Waals surface area (Å²) in [5.41, 5.74) is 1.82. The van der Waals surface area contributed by atoms with E-state index in [1.54, 1.807) is 4.90 Å². The van der Waals surface area contributed by atoms with Crippen LogP contribution in [-0.4, -0.2) is 48.3 Å². The summed E-state index contributed by atoms with van der Waals surface area (Å²) in [5, 5.41) is 6.53. The highest BCUT2D eigenvalue weighted by molar-refractivity contribution is 5.89. The van der Waals surface area contributed by atoms with Crippen LogP contribution in [-0.2, 0) is 6.42 Å². The van der Waals surface area contributed by atoms with Gasteiger partial charge < -0.3 is 19.6 Å². The molecule has 0 unspecified atom stereocenters. The molecule has 0 spiro atoms. The van der Waals surface area contributed by atoms with Crippen molar-refractivity contribution in [2.24, 2.45) is 0 Å². The van der Waals surface area contributed by atoms with E-state index in [1.165, 1.54) is 6.07 Å². The Morgan fingerprint density at radius 2 is 1.84 bits per heavy atom. The van der Waals surface area contributed by atoms with Gasteiger partial charge in [0.25, 0.3) is 0 Å². The molecule has 3 aromatic rings. The van der Waals surface area contributed by atoms with Crippen molar-refractivity contribution in [3.05, 3.63) is 60.0 Å². The maximum Gasteiger partial charge on any atom is 0.321 e.